The minimum absolute atomic E-state index is 0.0931. The fraction of sp³-hybridized carbons (Fsp3) is 0.421. The number of phenols is 1. The number of cyclic esters (lactones) is 1. The first-order valence-corrected chi connectivity index (χ1v) is 11.7. The van der Waals surface area contributed by atoms with Crippen molar-refractivity contribution < 1.29 is 28.7 Å². The molecule has 1 aliphatic heterocycles. The zero-order valence-corrected chi connectivity index (χ0v) is 20.7. The quantitative estimate of drug-likeness (QED) is 0.427. The number of aromatic hydroxyl groups is 1. The van der Waals surface area contributed by atoms with Crippen molar-refractivity contribution in [2.24, 2.45) is 0 Å². The highest BCUT2D eigenvalue weighted by atomic mass is 79.9. The summed E-state index contributed by atoms with van der Waals surface area (Å²) >= 11 is 10.2. The number of thioether (sulfide) groups is 1. The number of carbonyl (C=O) groups is 2. The van der Waals surface area contributed by atoms with E-state index in [0.29, 0.717) is 32.5 Å². The number of aryl methyl sites for hydroxylation is 1. The van der Waals surface area contributed by atoms with Gasteiger partial charge in [0.15, 0.2) is 12.4 Å². The number of likely N-dealkylation sites (N-methyl/N-ethyl adjacent to an activating group) is 1. The minimum atomic E-state index is -0.759. The number of esters is 1. The van der Waals surface area contributed by atoms with Gasteiger partial charge in [-0.2, -0.15) is 16.7 Å². The van der Waals surface area contributed by atoms with Gasteiger partial charge >= 0.3 is 5.97 Å². The summed E-state index contributed by atoms with van der Waals surface area (Å²) in [6.07, 6.45) is 0. The van der Waals surface area contributed by atoms with Crippen molar-refractivity contribution in [2.45, 2.75) is 18.7 Å². The van der Waals surface area contributed by atoms with E-state index in [1.54, 1.807) is 14.0 Å². The second kappa shape index (κ2) is 10.5. The molecule has 32 heavy (non-hydrogen) atoms. The molecule has 0 bridgehead atoms. The fourth-order valence-corrected chi connectivity index (χ4v) is 5.02. The van der Waals surface area contributed by atoms with E-state index in [4.69, 9.17) is 26.2 Å². The van der Waals surface area contributed by atoms with Crippen LogP contribution < -0.4 is 10.1 Å². The third-order valence-corrected chi connectivity index (χ3v) is 6.68. The second-order valence-corrected chi connectivity index (χ2v) is 9.22. The lowest BCUT2D eigenvalue weighted by Crippen LogP contribution is -2.41. The summed E-state index contributed by atoms with van der Waals surface area (Å²) in [5.41, 5.74) is 0.434. The van der Waals surface area contributed by atoms with E-state index in [1.807, 2.05) is 0 Å². The molecule has 0 unspecified atom stereocenters. The van der Waals surface area contributed by atoms with Gasteiger partial charge in [-0.15, -0.1) is 0 Å². The third kappa shape index (κ3) is 5.51. The molecule has 1 aromatic carbocycles. The Morgan fingerprint density at radius 2 is 2.19 bits per heavy atom. The lowest BCUT2D eigenvalue weighted by Gasteiger charge is -2.23. The van der Waals surface area contributed by atoms with Gasteiger partial charge in [-0.1, -0.05) is 17.4 Å². The number of hydrogen-bond acceptors (Lipinski definition) is 10. The SMILES string of the molecule is COc1cc(O)c2c(c1Br)C(=O)OCC(=O)N(C)CC(=S)N[C@H](c1nc(C)no1)CSC2. The molecule has 1 aromatic heterocycles. The van der Waals surface area contributed by atoms with E-state index < -0.39 is 24.5 Å². The lowest BCUT2D eigenvalue weighted by molar-refractivity contribution is -0.132. The predicted octanol–water partition coefficient (Wildman–Crippen LogP) is 2.38. The van der Waals surface area contributed by atoms with Gasteiger partial charge in [0, 0.05) is 30.2 Å². The summed E-state index contributed by atoms with van der Waals surface area (Å²) in [5, 5.41) is 17.5. The molecule has 0 saturated heterocycles. The molecule has 0 fully saturated rings. The van der Waals surface area contributed by atoms with Gasteiger partial charge in [0.1, 0.15) is 17.5 Å². The van der Waals surface area contributed by atoms with E-state index in [0.717, 1.165) is 0 Å². The smallest absolute Gasteiger partial charge is 0.340 e. The Labute approximate surface area is 202 Å². The van der Waals surface area contributed by atoms with Gasteiger partial charge in [0.25, 0.3) is 5.91 Å². The van der Waals surface area contributed by atoms with Crippen LogP contribution in [0.4, 0.5) is 0 Å². The van der Waals surface area contributed by atoms with E-state index in [-0.39, 0.29) is 29.4 Å². The number of nitrogens with zero attached hydrogens (tertiary/aromatic N) is 3. The predicted molar refractivity (Wildman–Crippen MR) is 124 cm³/mol. The second-order valence-electron chi connectivity index (χ2n) is 6.91. The number of halogens is 1. The van der Waals surface area contributed by atoms with Crippen molar-refractivity contribution in [3.8, 4) is 11.5 Å². The lowest BCUT2D eigenvalue weighted by atomic mass is 10.1. The Bertz CT molecular complexity index is 1050. The summed E-state index contributed by atoms with van der Waals surface area (Å²) in [6, 6.07) is 0.977. The molecule has 1 atom stereocenters. The number of benzene rings is 1. The first kappa shape index (κ1) is 24.3. The molecule has 1 aliphatic rings. The van der Waals surface area contributed by atoms with Crippen LogP contribution in [0.5, 0.6) is 11.5 Å². The molecule has 13 heteroatoms. The average Bonchev–Trinajstić information content (AvgIpc) is 3.18. The first-order chi connectivity index (χ1) is 15.2. The highest BCUT2D eigenvalue weighted by Gasteiger charge is 2.27. The van der Waals surface area contributed by atoms with Crippen molar-refractivity contribution in [3.05, 3.63) is 33.4 Å². The number of nitrogens with one attached hydrogen (secondary N) is 1. The Kier molecular flexibility index (Phi) is 7.96. The third-order valence-electron chi connectivity index (χ3n) is 4.58. The van der Waals surface area contributed by atoms with Crippen molar-refractivity contribution in [1.29, 1.82) is 0 Å². The largest absolute Gasteiger partial charge is 0.507 e. The maximum Gasteiger partial charge on any atom is 0.340 e. The number of methoxy groups -OCH3 is 1. The van der Waals surface area contributed by atoms with E-state index in [1.165, 1.54) is 29.8 Å². The van der Waals surface area contributed by atoms with E-state index in [9.17, 15) is 14.7 Å². The molecule has 1 amide bonds. The summed E-state index contributed by atoms with van der Waals surface area (Å²) < 4.78 is 16.1. The maximum atomic E-state index is 12.9. The zero-order valence-electron chi connectivity index (χ0n) is 17.5. The van der Waals surface area contributed by atoms with Crippen LogP contribution in [0.25, 0.3) is 0 Å². The normalized spacial score (nSPS) is 18.4. The number of rotatable bonds is 2. The zero-order chi connectivity index (χ0) is 23.4. The van der Waals surface area contributed by atoms with Gasteiger partial charge in [-0.3, -0.25) is 4.79 Å². The molecule has 3 rings (SSSR count). The van der Waals surface area contributed by atoms with Gasteiger partial charge in [-0.25, -0.2) is 4.79 Å². The molecule has 0 radical (unpaired) electrons. The number of phenolic OH excluding ortho intramolecular Hbond substituents is 1. The fourth-order valence-electron chi connectivity index (χ4n) is 2.93. The molecule has 2 aromatic rings. The molecule has 2 N–H and O–H groups in total. The summed E-state index contributed by atoms with van der Waals surface area (Å²) in [6.45, 7) is 1.34. The average molecular weight is 545 g/mol. The van der Waals surface area contributed by atoms with Gasteiger partial charge in [0.05, 0.1) is 28.7 Å². The highest BCUT2D eigenvalue weighted by molar-refractivity contribution is 9.10. The molecule has 0 aliphatic carbocycles. The number of fused-ring (bicyclic) bond motifs is 1. The van der Waals surface area contributed by atoms with Crippen LogP contribution in [0.2, 0.25) is 0 Å². The molecular formula is C19H21BrN4O6S2. The summed E-state index contributed by atoms with van der Waals surface area (Å²) in [5.74, 6) is 0.438. The van der Waals surface area contributed by atoms with Crippen LogP contribution >= 0.6 is 39.9 Å². The van der Waals surface area contributed by atoms with Crippen LogP contribution in [0.15, 0.2) is 15.1 Å². The minimum Gasteiger partial charge on any atom is -0.507 e. The van der Waals surface area contributed by atoms with Crippen LogP contribution in [0.1, 0.15) is 33.7 Å². The molecule has 2 heterocycles. The van der Waals surface area contributed by atoms with Gasteiger partial charge < -0.3 is 29.3 Å². The molecular weight excluding hydrogens is 524 g/mol. The van der Waals surface area contributed by atoms with Crippen molar-refractivity contribution >= 4 is 56.8 Å². The number of ether oxygens (including phenoxy) is 2. The number of thiocarbonyl (C=S) groups is 1. The number of aromatic nitrogens is 2. The van der Waals surface area contributed by atoms with E-state index in [2.05, 4.69) is 31.4 Å². The summed E-state index contributed by atoms with van der Waals surface area (Å²) in [7, 11) is 2.97. The Morgan fingerprint density at radius 1 is 1.44 bits per heavy atom. The maximum absolute atomic E-state index is 12.9. The number of hydrogen-bond donors (Lipinski definition) is 2. The van der Waals surface area contributed by atoms with Gasteiger partial charge in [0.2, 0.25) is 5.89 Å². The van der Waals surface area contributed by atoms with Crippen LogP contribution in [0, 0.1) is 6.92 Å². The molecule has 10 nitrogen and oxygen atoms in total. The van der Waals surface area contributed by atoms with Crippen LogP contribution in [-0.4, -0.2) is 70.1 Å². The Morgan fingerprint density at radius 3 is 2.84 bits per heavy atom. The van der Waals surface area contributed by atoms with E-state index >= 15 is 0 Å². The van der Waals surface area contributed by atoms with Crippen molar-refractivity contribution in [3.63, 3.8) is 0 Å². The first-order valence-electron chi connectivity index (χ1n) is 9.38. The van der Waals surface area contributed by atoms with Gasteiger partial charge in [-0.05, 0) is 22.9 Å². The highest BCUT2D eigenvalue weighted by Crippen LogP contribution is 2.39. The monoisotopic (exact) mass is 544 g/mol. The standard InChI is InChI=1S/C19H21BrN4O6S2/c1-9-21-18(30-23-9)11-8-32-7-10-12(25)4-13(28-3)17(20)16(10)19(27)29-6-15(26)24(2)5-14(31)22-11/h4,11,25H,5-8H2,1-3H3,(H,22,31)/t11-/m0/s1. The van der Waals surface area contributed by atoms with Crippen LogP contribution in [0.3, 0.4) is 0 Å². The number of carbonyl (C=O) groups excluding carboxylic acids is 2. The molecule has 0 saturated carbocycles. The van der Waals surface area contributed by atoms with Crippen molar-refractivity contribution in [1.82, 2.24) is 20.4 Å². The van der Waals surface area contributed by atoms with Crippen LogP contribution in [-0.2, 0) is 15.3 Å². The Hall–Kier alpha value is -2.38. The summed E-state index contributed by atoms with van der Waals surface area (Å²) in [4.78, 5) is 31.3. The Balaban J connectivity index is 1.98. The topological polar surface area (TPSA) is 127 Å². The molecule has 172 valence electrons. The number of amides is 1. The van der Waals surface area contributed by atoms with Crippen molar-refractivity contribution in [2.75, 3.05) is 33.1 Å². The molecule has 0 spiro atoms.